The Morgan fingerprint density at radius 3 is 2.76 bits per heavy atom. The lowest BCUT2D eigenvalue weighted by Gasteiger charge is -2.21. The van der Waals surface area contributed by atoms with Crippen LogP contribution in [0.5, 0.6) is 0 Å². The first-order valence-corrected chi connectivity index (χ1v) is 6.68. The summed E-state index contributed by atoms with van der Waals surface area (Å²) in [6, 6.07) is 2.00. The number of carbonyl (C=O) groups is 1. The van der Waals surface area contributed by atoms with Gasteiger partial charge in [-0.1, -0.05) is 0 Å². The zero-order valence-corrected chi connectivity index (χ0v) is 11.6. The van der Waals surface area contributed by atoms with E-state index in [2.05, 4.69) is 0 Å². The number of hydrogen-bond acceptors (Lipinski definition) is 5. The van der Waals surface area contributed by atoms with Gasteiger partial charge >= 0.3 is 5.97 Å². The van der Waals surface area contributed by atoms with Crippen LogP contribution in [0.25, 0.3) is 0 Å². The Bertz CT molecular complexity index is 555. The highest BCUT2D eigenvalue weighted by Crippen LogP contribution is 2.22. The average molecular weight is 297 g/mol. The van der Waals surface area contributed by atoms with Gasteiger partial charge in [0.15, 0.2) is 0 Å². The van der Waals surface area contributed by atoms with E-state index in [4.69, 9.17) is 9.47 Å². The molecule has 1 fully saturated rings. The number of non-ortho nitro benzene ring substituents is 1. The Balaban J connectivity index is 2.09. The SMILES string of the molecule is Cc1cc([N+](=O)[O-])cc(C(=O)OCC2CCOCC2)c1F. The summed E-state index contributed by atoms with van der Waals surface area (Å²) in [6.45, 7) is 2.78. The molecular weight excluding hydrogens is 281 g/mol. The molecule has 1 aromatic carbocycles. The summed E-state index contributed by atoms with van der Waals surface area (Å²) in [5.41, 5.74) is -0.678. The van der Waals surface area contributed by atoms with Crippen molar-refractivity contribution in [2.45, 2.75) is 19.8 Å². The summed E-state index contributed by atoms with van der Waals surface area (Å²) in [7, 11) is 0. The van der Waals surface area contributed by atoms with Gasteiger partial charge in [-0.15, -0.1) is 0 Å². The van der Waals surface area contributed by atoms with E-state index in [9.17, 15) is 19.3 Å². The van der Waals surface area contributed by atoms with Crippen LogP contribution in [0.3, 0.4) is 0 Å². The standard InChI is InChI=1S/C14H16FNO5/c1-9-6-11(16(18)19)7-12(13(9)15)14(17)21-8-10-2-4-20-5-3-10/h6-7,10H,2-5,8H2,1H3. The number of ether oxygens (including phenoxy) is 2. The van der Waals surface area contributed by atoms with E-state index in [1.54, 1.807) is 0 Å². The van der Waals surface area contributed by atoms with Crippen molar-refractivity contribution in [3.63, 3.8) is 0 Å². The van der Waals surface area contributed by atoms with E-state index in [0.29, 0.717) is 13.2 Å². The minimum absolute atomic E-state index is 0.0437. The number of benzene rings is 1. The summed E-state index contributed by atoms with van der Waals surface area (Å²) in [4.78, 5) is 22.0. The lowest BCUT2D eigenvalue weighted by molar-refractivity contribution is -0.385. The molecule has 0 atom stereocenters. The van der Waals surface area contributed by atoms with Crippen molar-refractivity contribution >= 4 is 11.7 Å². The first-order chi connectivity index (χ1) is 9.99. The maximum atomic E-state index is 13.9. The molecule has 114 valence electrons. The maximum Gasteiger partial charge on any atom is 0.341 e. The molecule has 0 spiro atoms. The van der Waals surface area contributed by atoms with Crippen LogP contribution in [0, 0.1) is 28.8 Å². The van der Waals surface area contributed by atoms with Gasteiger partial charge in [0.1, 0.15) is 11.4 Å². The van der Waals surface area contributed by atoms with Gasteiger partial charge in [-0.25, -0.2) is 9.18 Å². The summed E-state index contributed by atoms with van der Waals surface area (Å²) in [5, 5.41) is 10.8. The zero-order valence-electron chi connectivity index (χ0n) is 11.6. The molecular formula is C14H16FNO5. The van der Waals surface area contributed by atoms with Gasteiger partial charge in [0.2, 0.25) is 0 Å². The number of halogens is 1. The molecule has 0 amide bonds. The molecule has 0 unspecified atom stereocenters. The molecule has 0 aromatic heterocycles. The molecule has 0 bridgehead atoms. The van der Waals surface area contributed by atoms with Crippen molar-refractivity contribution < 1.29 is 23.6 Å². The van der Waals surface area contributed by atoms with Gasteiger partial charge in [0.05, 0.1) is 11.5 Å². The smallest absolute Gasteiger partial charge is 0.341 e. The molecule has 1 aliphatic heterocycles. The van der Waals surface area contributed by atoms with Gasteiger partial charge in [0.25, 0.3) is 5.69 Å². The maximum absolute atomic E-state index is 13.9. The normalized spacial score (nSPS) is 15.7. The number of aryl methyl sites for hydroxylation is 1. The van der Waals surface area contributed by atoms with Gasteiger partial charge in [0, 0.05) is 25.3 Å². The van der Waals surface area contributed by atoms with E-state index in [1.165, 1.54) is 6.92 Å². The highest BCUT2D eigenvalue weighted by atomic mass is 19.1. The third kappa shape index (κ3) is 3.75. The fraction of sp³-hybridized carbons (Fsp3) is 0.500. The molecule has 0 saturated carbocycles. The fourth-order valence-electron chi connectivity index (χ4n) is 2.19. The highest BCUT2D eigenvalue weighted by molar-refractivity contribution is 5.90. The minimum Gasteiger partial charge on any atom is -0.462 e. The van der Waals surface area contributed by atoms with Crippen molar-refractivity contribution in [3.8, 4) is 0 Å². The van der Waals surface area contributed by atoms with E-state index >= 15 is 0 Å². The number of nitro groups is 1. The molecule has 6 nitrogen and oxygen atoms in total. The summed E-state index contributed by atoms with van der Waals surface area (Å²) < 4.78 is 24.2. The van der Waals surface area contributed by atoms with Crippen molar-refractivity contribution in [2.75, 3.05) is 19.8 Å². The summed E-state index contributed by atoms with van der Waals surface area (Å²) in [5.74, 6) is -1.46. The molecule has 1 aliphatic rings. The number of esters is 1. The van der Waals surface area contributed by atoms with Gasteiger partial charge in [-0.05, 0) is 31.2 Å². The molecule has 1 saturated heterocycles. The molecule has 0 radical (unpaired) electrons. The largest absolute Gasteiger partial charge is 0.462 e. The second kappa shape index (κ2) is 6.62. The van der Waals surface area contributed by atoms with E-state index < -0.39 is 22.3 Å². The van der Waals surface area contributed by atoms with Crippen molar-refractivity contribution in [3.05, 3.63) is 39.2 Å². The molecule has 0 N–H and O–H groups in total. The van der Waals surface area contributed by atoms with Crippen LogP contribution in [-0.2, 0) is 9.47 Å². The molecule has 0 aliphatic carbocycles. The molecule has 7 heteroatoms. The second-order valence-electron chi connectivity index (χ2n) is 5.04. The van der Waals surface area contributed by atoms with Gasteiger partial charge in [-0.2, -0.15) is 0 Å². The van der Waals surface area contributed by atoms with Crippen LogP contribution in [0.2, 0.25) is 0 Å². The van der Waals surface area contributed by atoms with E-state index in [-0.39, 0.29) is 23.8 Å². The molecule has 1 heterocycles. The van der Waals surface area contributed by atoms with Crippen molar-refractivity contribution in [2.24, 2.45) is 5.92 Å². The van der Waals surface area contributed by atoms with Crippen LogP contribution in [0.15, 0.2) is 12.1 Å². The van der Waals surface area contributed by atoms with Crippen molar-refractivity contribution in [1.29, 1.82) is 0 Å². The molecule has 2 rings (SSSR count). The summed E-state index contributed by atoms with van der Waals surface area (Å²) >= 11 is 0. The fourth-order valence-corrected chi connectivity index (χ4v) is 2.19. The third-order valence-corrected chi connectivity index (χ3v) is 3.46. The van der Waals surface area contributed by atoms with Crippen LogP contribution < -0.4 is 0 Å². The van der Waals surface area contributed by atoms with Crippen LogP contribution in [-0.4, -0.2) is 30.7 Å². The topological polar surface area (TPSA) is 78.7 Å². The Morgan fingerprint density at radius 1 is 1.48 bits per heavy atom. The Labute approximate surface area is 121 Å². The Hall–Kier alpha value is -2.02. The van der Waals surface area contributed by atoms with Gasteiger partial charge in [-0.3, -0.25) is 10.1 Å². The van der Waals surface area contributed by atoms with E-state index in [0.717, 1.165) is 25.0 Å². The monoisotopic (exact) mass is 297 g/mol. The highest BCUT2D eigenvalue weighted by Gasteiger charge is 2.22. The quantitative estimate of drug-likeness (QED) is 0.485. The Morgan fingerprint density at radius 2 is 2.14 bits per heavy atom. The molecule has 21 heavy (non-hydrogen) atoms. The molecule has 1 aromatic rings. The zero-order chi connectivity index (χ0) is 15.4. The third-order valence-electron chi connectivity index (χ3n) is 3.46. The lowest BCUT2D eigenvalue weighted by atomic mass is 10.0. The average Bonchev–Trinajstić information content (AvgIpc) is 2.48. The van der Waals surface area contributed by atoms with Gasteiger partial charge < -0.3 is 9.47 Å². The predicted molar refractivity (Wildman–Crippen MR) is 71.6 cm³/mol. The first-order valence-electron chi connectivity index (χ1n) is 6.68. The number of nitro benzene ring substituents is 1. The minimum atomic E-state index is -0.870. The lowest BCUT2D eigenvalue weighted by Crippen LogP contribution is -2.22. The first kappa shape index (κ1) is 15.4. The predicted octanol–water partition coefficient (Wildman–Crippen LogP) is 2.63. The van der Waals surface area contributed by atoms with Crippen LogP contribution >= 0.6 is 0 Å². The van der Waals surface area contributed by atoms with Crippen LogP contribution in [0.1, 0.15) is 28.8 Å². The number of nitrogens with zero attached hydrogens (tertiary/aromatic N) is 1. The van der Waals surface area contributed by atoms with Crippen molar-refractivity contribution in [1.82, 2.24) is 0 Å². The van der Waals surface area contributed by atoms with E-state index in [1.807, 2.05) is 0 Å². The number of rotatable bonds is 4. The Kier molecular flexibility index (Phi) is 4.85. The van der Waals surface area contributed by atoms with Crippen LogP contribution in [0.4, 0.5) is 10.1 Å². The number of hydrogen-bond donors (Lipinski definition) is 0. The second-order valence-corrected chi connectivity index (χ2v) is 5.04. The number of carbonyl (C=O) groups excluding carboxylic acids is 1. The summed E-state index contributed by atoms with van der Waals surface area (Å²) in [6.07, 6.45) is 1.56.